The average Bonchev–Trinajstić information content (AvgIpc) is 3.54. The fraction of sp³-hybridized carbons (Fsp3) is 0.440. The number of furan rings is 1. The predicted molar refractivity (Wildman–Crippen MR) is 120 cm³/mol. The number of hydrogen-bond donors (Lipinski definition) is 1. The van der Waals surface area contributed by atoms with E-state index in [1.54, 1.807) is 17.2 Å². The maximum atomic E-state index is 13.8. The molecule has 2 amide bonds. The van der Waals surface area contributed by atoms with Crippen LogP contribution in [0.15, 0.2) is 41.0 Å². The number of carbonyl (C=O) groups excluding carboxylic acids is 2. The summed E-state index contributed by atoms with van der Waals surface area (Å²) < 4.78 is 18.4. The minimum atomic E-state index is -1.05. The molecule has 1 fully saturated rings. The van der Waals surface area contributed by atoms with Gasteiger partial charge in [0.05, 0.1) is 18.3 Å². The summed E-state index contributed by atoms with van der Waals surface area (Å²) in [6.07, 6.45) is 7.04. The molecule has 0 saturated heterocycles. The van der Waals surface area contributed by atoms with E-state index in [1.807, 2.05) is 35.8 Å². The minimum absolute atomic E-state index is 0.112. The molecule has 0 spiro atoms. The van der Waals surface area contributed by atoms with Crippen LogP contribution in [0.2, 0.25) is 0 Å². The number of rotatable bonds is 4. The predicted octanol–water partition coefficient (Wildman–Crippen LogP) is 3.83. The molecular formula is C25H27N3O5. The van der Waals surface area contributed by atoms with Gasteiger partial charge in [-0.05, 0) is 37.5 Å². The van der Waals surface area contributed by atoms with Crippen molar-refractivity contribution in [2.24, 2.45) is 0 Å². The van der Waals surface area contributed by atoms with Gasteiger partial charge in [-0.15, -0.1) is 0 Å². The van der Waals surface area contributed by atoms with Gasteiger partial charge in [0.15, 0.2) is 17.1 Å². The van der Waals surface area contributed by atoms with Gasteiger partial charge in [0, 0.05) is 24.7 Å². The zero-order chi connectivity index (χ0) is 22.6. The summed E-state index contributed by atoms with van der Waals surface area (Å²) in [6.45, 7) is 2.71. The first-order valence-electron chi connectivity index (χ1n) is 11.6. The lowest BCUT2D eigenvalue weighted by atomic mass is 9.91. The summed E-state index contributed by atoms with van der Waals surface area (Å²) in [5.41, 5.74) is 1.85. The molecule has 2 aliphatic heterocycles. The summed E-state index contributed by atoms with van der Waals surface area (Å²) in [4.78, 5) is 29.2. The molecule has 8 heteroatoms. The standard InChI is InChI=1S/C25H27N3O5/c1-25(24(30)26-17-5-3-2-4-6-17)14-27-18-9-10-31-21(18)12-19(27)23(29)28(25)13-16-7-8-20-22(11-16)33-15-32-20/h7-12,17H,2-6,13-15H2,1H3,(H,26,30)/t25-/m0/s1. The normalized spacial score (nSPS) is 22.6. The van der Waals surface area contributed by atoms with Gasteiger partial charge in [0.2, 0.25) is 12.7 Å². The second kappa shape index (κ2) is 7.57. The topological polar surface area (TPSA) is 85.9 Å². The van der Waals surface area contributed by atoms with Gasteiger partial charge >= 0.3 is 0 Å². The first-order valence-corrected chi connectivity index (χ1v) is 11.6. The third-order valence-corrected chi connectivity index (χ3v) is 7.26. The number of benzene rings is 1. The van der Waals surface area contributed by atoms with Crippen molar-refractivity contribution in [3.05, 3.63) is 47.9 Å². The Bertz CT molecular complexity index is 1240. The average molecular weight is 450 g/mol. The molecule has 0 unspecified atom stereocenters. The van der Waals surface area contributed by atoms with Crippen LogP contribution in [-0.2, 0) is 17.9 Å². The molecule has 172 valence electrons. The van der Waals surface area contributed by atoms with Crippen molar-refractivity contribution in [1.82, 2.24) is 14.8 Å². The Balaban J connectivity index is 1.37. The highest BCUT2D eigenvalue weighted by Gasteiger charge is 2.48. The monoisotopic (exact) mass is 449 g/mol. The smallest absolute Gasteiger partial charge is 0.271 e. The zero-order valence-electron chi connectivity index (χ0n) is 18.6. The maximum Gasteiger partial charge on any atom is 0.271 e. The van der Waals surface area contributed by atoms with Crippen molar-refractivity contribution < 1.29 is 23.5 Å². The molecule has 1 atom stereocenters. The van der Waals surface area contributed by atoms with Crippen molar-refractivity contribution in [1.29, 1.82) is 0 Å². The highest BCUT2D eigenvalue weighted by Crippen LogP contribution is 2.37. The van der Waals surface area contributed by atoms with Crippen molar-refractivity contribution in [3.63, 3.8) is 0 Å². The van der Waals surface area contributed by atoms with Crippen molar-refractivity contribution >= 4 is 22.9 Å². The molecule has 0 bridgehead atoms. The van der Waals surface area contributed by atoms with E-state index in [4.69, 9.17) is 13.9 Å². The minimum Gasteiger partial charge on any atom is -0.463 e. The van der Waals surface area contributed by atoms with Crippen LogP contribution < -0.4 is 14.8 Å². The van der Waals surface area contributed by atoms with E-state index in [-0.39, 0.29) is 31.2 Å². The van der Waals surface area contributed by atoms with Crippen LogP contribution in [0.5, 0.6) is 11.5 Å². The molecule has 2 aromatic heterocycles. The highest BCUT2D eigenvalue weighted by molar-refractivity contribution is 6.02. The number of fused-ring (bicyclic) bond motifs is 4. The van der Waals surface area contributed by atoms with Crippen molar-refractivity contribution in [2.45, 2.75) is 63.7 Å². The van der Waals surface area contributed by atoms with Gasteiger partial charge in [-0.2, -0.15) is 0 Å². The summed E-state index contributed by atoms with van der Waals surface area (Å²) in [5.74, 6) is 1.05. The van der Waals surface area contributed by atoms with Crippen LogP contribution in [-0.4, -0.2) is 39.7 Å². The van der Waals surface area contributed by atoms with Crippen LogP contribution in [0.3, 0.4) is 0 Å². The molecule has 33 heavy (non-hydrogen) atoms. The van der Waals surface area contributed by atoms with Crippen molar-refractivity contribution in [2.75, 3.05) is 6.79 Å². The fourth-order valence-electron chi connectivity index (χ4n) is 5.33. The Morgan fingerprint density at radius 2 is 1.94 bits per heavy atom. The lowest BCUT2D eigenvalue weighted by Crippen LogP contribution is -2.64. The van der Waals surface area contributed by atoms with Crippen LogP contribution >= 0.6 is 0 Å². The van der Waals surface area contributed by atoms with Gasteiger partial charge in [-0.3, -0.25) is 9.59 Å². The maximum absolute atomic E-state index is 13.8. The molecule has 0 radical (unpaired) electrons. The molecule has 1 aliphatic carbocycles. The van der Waals surface area contributed by atoms with Crippen LogP contribution in [0.4, 0.5) is 0 Å². The Morgan fingerprint density at radius 3 is 2.79 bits per heavy atom. The molecule has 6 rings (SSSR count). The summed E-state index contributed by atoms with van der Waals surface area (Å²) in [5, 5.41) is 3.26. The molecule has 3 aliphatic rings. The molecule has 8 nitrogen and oxygen atoms in total. The molecule has 1 aromatic carbocycles. The zero-order valence-corrected chi connectivity index (χ0v) is 18.6. The van der Waals surface area contributed by atoms with Gasteiger partial charge in [0.25, 0.3) is 5.91 Å². The van der Waals surface area contributed by atoms with E-state index < -0.39 is 5.54 Å². The lowest BCUT2D eigenvalue weighted by Gasteiger charge is -2.44. The second-order valence-electron chi connectivity index (χ2n) is 9.45. The number of aromatic nitrogens is 1. The third kappa shape index (κ3) is 3.27. The van der Waals surface area contributed by atoms with E-state index in [2.05, 4.69) is 5.32 Å². The summed E-state index contributed by atoms with van der Waals surface area (Å²) in [7, 11) is 0. The number of carbonyl (C=O) groups is 2. The van der Waals surface area contributed by atoms with E-state index in [9.17, 15) is 9.59 Å². The molecule has 3 aromatic rings. The van der Waals surface area contributed by atoms with Crippen LogP contribution in [0, 0.1) is 0 Å². The number of nitrogens with one attached hydrogen (secondary N) is 1. The Morgan fingerprint density at radius 1 is 1.12 bits per heavy atom. The molecular weight excluding hydrogens is 422 g/mol. The Kier molecular flexibility index (Phi) is 4.64. The lowest BCUT2D eigenvalue weighted by molar-refractivity contribution is -0.134. The van der Waals surface area contributed by atoms with E-state index >= 15 is 0 Å². The number of nitrogens with zero attached hydrogens (tertiary/aromatic N) is 2. The quantitative estimate of drug-likeness (QED) is 0.654. The number of amides is 2. The van der Waals surface area contributed by atoms with E-state index in [0.717, 1.165) is 36.8 Å². The molecule has 1 N–H and O–H groups in total. The molecule has 4 heterocycles. The van der Waals surface area contributed by atoms with E-state index in [1.165, 1.54) is 6.42 Å². The number of ether oxygens (including phenoxy) is 2. The van der Waals surface area contributed by atoms with Gasteiger partial charge < -0.3 is 28.7 Å². The fourth-order valence-corrected chi connectivity index (χ4v) is 5.33. The Hall–Kier alpha value is -3.42. The SMILES string of the molecule is C[C@@]1(C(=O)NC2CCCCC2)Cn2c(cc3occc32)C(=O)N1Cc1ccc2c(c1)OCO2. The van der Waals surface area contributed by atoms with E-state index in [0.29, 0.717) is 29.3 Å². The van der Waals surface area contributed by atoms with Gasteiger partial charge in [-0.1, -0.05) is 25.3 Å². The third-order valence-electron chi connectivity index (χ3n) is 7.26. The number of hydrogen-bond acceptors (Lipinski definition) is 5. The van der Waals surface area contributed by atoms with Crippen molar-refractivity contribution in [3.8, 4) is 11.5 Å². The van der Waals surface area contributed by atoms with Crippen LogP contribution in [0.25, 0.3) is 11.1 Å². The summed E-state index contributed by atoms with van der Waals surface area (Å²) in [6, 6.07) is 9.42. The van der Waals surface area contributed by atoms with Crippen LogP contribution in [0.1, 0.15) is 55.1 Å². The van der Waals surface area contributed by atoms with Gasteiger partial charge in [0.1, 0.15) is 11.2 Å². The summed E-state index contributed by atoms with van der Waals surface area (Å²) >= 11 is 0. The first kappa shape index (κ1) is 20.2. The molecule has 1 saturated carbocycles. The Labute approximate surface area is 191 Å². The van der Waals surface area contributed by atoms with Gasteiger partial charge in [-0.25, -0.2) is 0 Å². The second-order valence-corrected chi connectivity index (χ2v) is 9.45. The largest absolute Gasteiger partial charge is 0.463 e. The first-order chi connectivity index (χ1) is 16.0. The highest BCUT2D eigenvalue weighted by atomic mass is 16.7.